The van der Waals surface area contributed by atoms with Crippen molar-refractivity contribution >= 4 is 38.6 Å². The summed E-state index contributed by atoms with van der Waals surface area (Å²) in [5.74, 6) is 0. The Morgan fingerprint density at radius 3 is 2.83 bits per heavy atom. The molecule has 0 amide bonds. The minimum Gasteiger partial charge on any atom is -0.309 e. The fraction of sp³-hybridized carbons (Fsp3) is 0.462. The van der Waals surface area contributed by atoms with E-state index in [2.05, 4.69) is 51.5 Å². The molecule has 0 radical (unpaired) electrons. The SMILES string of the molecule is CCCNC(Cc1cc(Br)cs1)c1scnc1C. The molecule has 0 aromatic carbocycles. The highest BCUT2D eigenvalue weighted by Crippen LogP contribution is 2.28. The maximum Gasteiger partial charge on any atom is 0.0798 e. The number of thiazole rings is 1. The molecule has 0 aliphatic heterocycles. The number of hydrogen-bond acceptors (Lipinski definition) is 4. The molecule has 2 aromatic rings. The number of hydrogen-bond donors (Lipinski definition) is 1. The first-order valence-electron chi connectivity index (χ1n) is 6.07. The summed E-state index contributed by atoms with van der Waals surface area (Å²) in [6, 6.07) is 2.60. The van der Waals surface area contributed by atoms with Crippen LogP contribution < -0.4 is 5.32 Å². The molecule has 0 saturated heterocycles. The zero-order chi connectivity index (χ0) is 13.0. The number of rotatable bonds is 6. The van der Waals surface area contributed by atoms with Crippen molar-refractivity contribution in [3.05, 3.63) is 36.9 Å². The van der Waals surface area contributed by atoms with Gasteiger partial charge in [0.1, 0.15) is 0 Å². The second-order valence-electron chi connectivity index (χ2n) is 4.24. The predicted molar refractivity (Wildman–Crippen MR) is 83.6 cm³/mol. The molecule has 2 nitrogen and oxygen atoms in total. The van der Waals surface area contributed by atoms with Gasteiger partial charge in [-0.25, -0.2) is 4.98 Å². The Hall–Kier alpha value is -0.230. The summed E-state index contributed by atoms with van der Waals surface area (Å²) in [5.41, 5.74) is 3.10. The van der Waals surface area contributed by atoms with Crippen LogP contribution in [0.5, 0.6) is 0 Å². The lowest BCUT2D eigenvalue weighted by atomic mass is 10.1. The molecule has 0 saturated carbocycles. The van der Waals surface area contributed by atoms with E-state index in [9.17, 15) is 0 Å². The highest BCUT2D eigenvalue weighted by molar-refractivity contribution is 9.10. The maximum absolute atomic E-state index is 4.37. The second-order valence-corrected chi connectivity index (χ2v) is 7.04. The van der Waals surface area contributed by atoms with E-state index in [1.54, 1.807) is 11.3 Å². The lowest BCUT2D eigenvalue weighted by Crippen LogP contribution is -2.23. The van der Waals surface area contributed by atoms with Crippen LogP contribution in [0.15, 0.2) is 21.4 Å². The van der Waals surface area contributed by atoms with Crippen molar-refractivity contribution in [1.29, 1.82) is 0 Å². The Morgan fingerprint density at radius 2 is 2.28 bits per heavy atom. The number of nitrogens with one attached hydrogen (secondary N) is 1. The van der Waals surface area contributed by atoms with Crippen molar-refractivity contribution in [2.45, 2.75) is 32.7 Å². The Bertz CT molecular complexity index is 493. The summed E-state index contributed by atoms with van der Waals surface area (Å²) >= 11 is 7.08. The van der Waals surface area contributed by atoms with Gasteiger partial charge in [-0.3, -0.25) is 0 Å². The molecule has 1 unspecified atom stereocenters. The standard InChI is InChI=1S/C13H17BrN2S2/c1-3-4-15-12(13-9(2)16-8-18-13)6-11-5-10(14)7-17-11/h5,7-8,12,15H,3-4,6H2,1-2H3. The third-order valence-electron chi connectivity index (χ3n) is 2.77. The fourth-order valence-corrected chi connectivity index (χ4v) is 4.26. The predicted octanol–water partition coefficient (Wildman–Crippen LogP) is 4.56. The van der Waals surface area contributed by atoms with Gasteiger partial charge in [0, 0.05) is 32.1 Å². The van der Waals surface area contributed by atoms with Gasteiger partial charge < -0.3 is 5.32 Å². The lowest BCUT2D eigenvalue weighted by Gasteiger charge is -2.17. The number of nitrogens with zero attached hydrogens (tertiary/aromatic N) is 1. The molecule has 98 valence electrons. The van der Waals surface area contributed by atoms with Gasteiger partial charge in [-0.15, -0.1) is 22.7 Å². The summed E-state index contributed by atoms with van der Waals surface area (Å²) < 4.78 is 1.18. The van der Waals surface area contributed by atoms with E-state index in [0.29, 0.717) is 6.04 Å². The first-order chi connectivity index (χ1) is 8.70. The Kier molecular flexibility index (Phi) is 5.36. The normalized spacial score (nSPS) is 12.8. The van der Waals surface area contributed by atoms with Crippen molar-refractivity contribution in [2.24, 2.45) is 0 Å². The van der Waals surface area contributed by atoms with E-state index in [0.717, 1.165) is 25.1 Å². The summed E-state index contributed by atoms with van der Waals surface area (Å²) in [6.45, 7) is 5.34. The molecule has 18 heavy (non-hydrogen) atoms. The largest absolute Gasteiger partial charge is 0.309 e. The van der Waals surface area contributed by atoms with Crippen molar-refractivity contribution in [3.63, 3.8) is 0 Å². The zero-order valence-electron chi connectivity index (χ0n) is 10.6. The van der Waals surface area contributed by atoms with Crippen LogP contribution in [-0.4, -0.2) is 11.5 Å². The van der Waals surface area contributed by atoms with Gasteiger partial charge in [0.05, 0.1) is 11.2 Å². The molecule has 1 N–H and O–H groups in total. The zero-order valence-corrected chi connectivity index (χ0v) is 13.8. The highest BCUT2D eigenvalue weighted by Gasteiger charge is 2.16. The van der Waals surface area contributed by atoms with Crippen LogP contribution in [-0.2, 0) is 6.42 Å². The van der Waals surface area contributed by atoms with E-state index in [4.69, 9.17) is 0 Å². The van der Waals surface area contributed by atoms with Crippen LogP contribution in [0.2, 0.25) is 0 Å². The van der Waals surface area contributed by atoms with Crippen LogP contribution in [0.1, 0.15) is 34.8 Å². The third-order valence-corrected chi connectivity index (χ3v) is 5.53. The number of aromatic nitrogens is 1. The van der Waals surface area contributed by atoms with E-state index < -0.39 is 0 Å². The molecule has 0 spiro atoms. The van der Waals surface area contributed by atoms with Gasteiger partial charge in [-0.05, 0) is 41.9 Å². The topological polar surface area (TPSA) is 24.9 Å². The first kappa shape index (κ1) is 14.2. The number of thiophene rings is 1. The Balaban J connectivity index is 2.12. The van der Waals surface area contributed by atoms with Crippen LogP contribution in [0, 0.1) is 6.92 Å². The molecule has 0 fully saturated rings. The van der Waals surface area contributed by atoms with Crippen molar-refractivity contribution < 1.29 is 0 Å². The summed E-state index contributed by atoms with van der Waals surface area (Å²) in [5, 5.41) is 5.78. The van der Waals surface area contributed by atoms with E-state index in [1.807, 2.05) is 16.8 Å². The molecule has 2 heterocycles. The van der Waals surface area contributed by atoms with Crippen LogP contribution >= 0.6 is 38.6 Å². The van der Waals surface area contributed by atoms with Crippen molar-refractivity contribution in [3.8, 4) is 0 Å². The minimum atomic E-state index is 0.392. The maximum atomic E-state index is 4.37. The van der Waals surface area contributed by atoms with E-state index in [-0.39, 0.29) is 0 Å². The molecule has 2 aromatic heterocycles. The number of aryl methyl sites for hydroxylation is 1. The van der Waals surface area contributed by atoms with Gasteiger partial charge in [0.15, 0.2) is 0 Å². The third kappa shape index (κ3) is 3.63. The van der Waals surface area contributed by atoms with Gasteiger partial charge in [0.2, 0.25) is 0 Å². The first-order valence-corrected chi connectivity index (χ1v) is 8.62. The monoisotopic (exact) mass is 344 g/mol. The lowest BCUT2D eigenvalue weighted by molar-refractivity contribution is 0.536. The minimum absolute atomic E-state index is 0.392. The van der Waals surface area contributed by atoms with Gasteiger partial charge in [-0.1, -0.05) is 6.92 Å². The van der Waals surface area contributed by atoms with Gasteiger partial charge >= 0.3 is 0 Å². The molecule has 0 bridgehead atoms. The van der Waals surface area contributed by atoms with Crippen LogP contribution in [0.25, 0.3) is 0 Å². The van der Waals surface area contributed by atoms with Gasteiger partial charge in [-0.2, -0.15) is 0 Å². The average Bonchev–Trinajstić information content (AvgIpc) is 2.93. The molecule has 0 aliphatic rings. The fourth-order valence-electron chi connectivity index (χ4n) is 1.88. The quantitative estimate of drug-likeness (QED) is 0.830. The van der Waals surface area contributed by atoms with Gasteiger partial charge in [0.25, 0.3) is 0 Å². The highest BCUT2D eigenvalue weighted by atomic mass is 79.9. The average molecular weight is 345 g/mol. The summed E-state index contributed by atoms with van der Waals surface area (Å²) in [4.78, 5) is 7.14. The molecular formula is C13H17BrN2S2. The molecular weight excluding hydrogens is 328 g/mol. The van der Waals surface area contributed by atoms with Crippen LogP contribution in [0.3, 0.4) is 0 Å². The van der Waals surface area contributed by atoms with E-state index in [1.165, 1.54) is 14.2 Å². The molecule has 0 aliphatic carbocycles. The van der Waals surface area contributed by atoms with E-state index >= 15 is 0 Å². The summed E-state index contributed by atoms with van der Waals surface area (Å²) in [6.07, 6.45) is 2.20. The Labute approximate surface area is 125 Å². The smallest absolute Gasteiger partial charge is 0.0798 e. The van der Waals surface area contributed by atoms with Crippen molar-refractivity contribution in [1.82, 2.24) is 10.3 Å². The Morgan fingerprint density at radius 1 is 1.44 bits per heavy atom. The number of halogens is 1. The molecule has 1 atom stereocenters. The second kappa shape index (κ2) is 6.80. The van der Waals surface area contributed by atoms with Crippen LogP contribution in [0.4, 0.5) is 0 Å². The molecule has 5 heteroatoms. The molecule has 2 rings (SSSR count). The summed E-state index contributed by atoms with van der Waals surface area (Å²) in [7, 11) is 0. The van der Waals surface area contributed by atoms with Crippen molar-refractivity contribution in [2.75, 3.05) is 6.54 Å².